The van der Waals surface area contributed by atoms with Crippen molar-refractivity contribution in [3.8, 4) is 11.8 Å². The highest BCUT2D eigenvalue weighted by atomic mass is 16.3. The third kappa shape index (κ3) is 2.92. The van der Waals surface area contributed by atoms with Gasteiger partial charge in [-0.15, -0.1) is 11.8 Å². The van der Waals surface area contributed by atoms with Gasteiger partial charge >= 0.3 is 0 Å². The number of aliphatic hydroxyl groups excluding tert-OH is 2. The van der Waals surface area contributed by atoms with E-state index in [2.05, 4.69) is 38.7 Å². The van der Waals surface area contributed by atoms with Crippen LogP contribution in [0.4, 0.5) is 0 Å². The third-order valence-electron chi connectivity index (χ3n) is 9.46. The second-order valence-electron chi connectivity index (χ2n) is 10.6. The molecule has 0 radical (unpaired) electrons. The average Bonchev–Trinajstić information content (AvgIpc) is 2.98. The molecule has 0 heterocycles. The molecule has 4 aliphatic rings. The van der Waals surface area contributed by atoms with Crippen LogP contribution in [0.1, 0.15) is 79.1 Å². The van der Waals surface area contributed by atoms with Crippen LogP contribution >= 0.6 is 0 Å². The monoisotopic (exact) mass is 370 g/mol. The van der Waals surface area contributed by atoms with E-state index in [-0.39, 0.29) is 17.6 Å². The van der Waals surface area contributed by atoms with Crippen molar-refractivity contribution >= 4 is 0 Å². The first-order chi connectivity index (χ1) is 12.8. The summed E-state index contributed by atoms with van der Waals surface area (Å²) in [5, 5.41) is 21.4. The lowest BCUT2D eigenvalue weighted by atomic mass is 9.46. The molecule has 0 bridgehead atoms. The average molecular weight is 371 g/mol. The second-order valence-corrected chi connectivity index (χ2v) is 10.6. The molecule has 9 atom stereocenters. The number of hydrogen-bond donors (Lipinski definition) is 2. The van der Waals surface area contributed by atoms with E-state index < -0.39 is 0 Å². The predicted octanol–water partition coefficient (Wildman–Crippen LogP) is 4.95. The fraction of sp³-hybridized carbons (Fsp3) is 0.840. The largest absolute Gasteiger partial charge is 0.393 e. The lowest BCUT2D eigenvalue weighted by Crippen LogP contribution is -2.54. The predicted molar refractivity (Wildman–Crippen MR) is 110 cm³/mol. The Balaban J connectivity index is 1.63. The maximum Gasteiger partial charge on any atom is 0.0757 e. The third-order valence-corrected chi connectivity index (χ3v) is 9.46. The van der Waals surface area contributed by atoms with Gasteiger partial charge in [-0.25, -0.2) is 0 Å². The molecular weight excluding hydrogens is 332 g/mol. The molecule has 0 unspecified atom stereocenters. The van der Waals surface area contributed by atoms with Crippen LogP contribution < -0.4 is 0 Å². The summed E-state index contributed by atoms with van der Waals surface area (Å²) >= 11 is 0. The molecule has 0 aliphatic heterocycles. The Morgan fingerprint density at radius 1 is 1.11 bits per heavy atom. The lowest BCUT2D eigenvalue weighted by molar-refractivity contribution is -0.0965. The first kappa shape index (κ1) is 19.5. The second kappa shape index (κ2) is 6.93. The van der Waals surface area contributed by atoms with E-state index in [1.54, 1.807) is 0 Å². The van der Waals surface area contributed by atoms with Gasteiger partial charge in [-0.1, -0.05) is 32.4 Å². The van der Waals surface area contributed by atoms with E-state index in [4.69, 9.17) is 0 Å². The number of rotatable bonds is 2. The smallest absolute Gasteiger partial charge is 0.0757 e. The van der Waals surface area contributed by atoms with E-state index in [1.165, 1.54) is 31.3 Å². The van der Waals surface area contributed by atoms with E-state index >= 15 is 0 Å². The summed E-state index contributed by atoms with van der Waals surface area (Å²) in [6, 6.07) is 0. The van der Waals surface area contributed by atoms with Crippen molar-refractivity contribution in [1.29, 1.82) is 0 Å². The zero-order chi connectivity index (χ0) is 19.4. The molecule has 3 fully saturated rings. The molecular formula is C25H38O2. The molecule has 150 valence electrons. The Bertz CT molecular complexity index is 670. The molecule has 0 spiro atoms. The molecule has 0 aromatic carbocycles. The molecule has 4 rings (SSSR count). The Hall–Kier alpha value is -0.780. The molecule has 27 heavy (non-hydrogen) atoms. The van der Waals surface area contributed by atoms with E-state index in [0.717, 1.165) is 31.6 Å². The van der Waals surface area contributed by atoms with Gasteiger partial charge in [0.05, 0.1) is 12.2 Å². The SMILES string of the molecule is CC#CC[C@H](C)[C@H]1CC[C@H]2[C@@H]3[C@H](O)C=C4C[C@@H](O)CC[C@]4(C)[C@H]3CC[C@]12C. The Kier molecular flexibility index (Phi) is 5.01. The van der Waals surface area contributed by atoms with Crippen molar-refractivity contribution in [1.82, 2.24) is 0 Å². The highest BCUT2D eigenvalue weighted by Gasteiger charge is 2.61. The zero-order valence-corrected chi connectivity index (χ0v) is 17.7. The lowest BCUT2D eigenvalue weighted by Gasteiger charge is -2.59. The quantitative estimate of drug-likeness (QED) is 0.533. The molecule has 0 aromatic rings. The Labute approximate surface area is 165 Å². The number of aliphatic hydroxyl groups is 2. The van der Waals surface area contributed by atoms with E-state index in [0.29, 0.717) is 29.1 Å². The van der Waals surface area contributed by atoms with Crippen molar-refractivity contribution in [3.63, 3.8) is 0 Å². The van der Waals surface area contributed by atoms with Gasteiger partial charge in [0.1, 0.15) is 0 Å². The van der Waals surface area contributed by atoms with Crippen molar-refractivity contribution < 1.29 is 10.2 Å². The van der Waals surface area contributed by atoms with Crippen molar-refractivity contribution in [2.45, 2.75) is 91.3 Å². The highest BCUT2D eigenvalue weighted by Crippen LogP contribution is 2.67. The van der Waals surface area contributed by atoms with Gasteiger partial charge in [-0.2, -0.15) is 0 Å². The van der Waals surface area contributed by atoms with E-state index in [9.17, 15) is 10.2 Å². The molecule has 0 amide bonds. The number of fused-ring (bicyclic) bond motifs is 5. The van der Waals surface area contributed by atoms with Crippen LogP contribution in [0, 0.1) is 52.3 Å². The minimum atomic E-state index is -0.322. The maximum atomic E-state index is 11.2. The van der Waals surface area contributed by atoms with Crippen molar-refractivity contribution in [3.05, 3.63) is 11.6 Å². The summed E-state index contributed by atoms with van der Waals surface area (Å²) in [5.74, 6) is 9.41. The molecule has 3 saturated carbocycles. The summed E-state index contributed by atoms with van der Waals surface area (Å²) in [5.41, 5.74) is 1.90. The van der Waals surface area contributed by atoms with Gasteiger partial charge in [0.15, 0.2) is 0 Å². The summed E-state index contributed by atoms with van der Waals surface area (Å²) in [7, 11) is 0. The standard InChI is InChI=1S/C25H38O2/c1-5-6-7-16(2)19-8-9-20-23-21(11-13-25(19,20)4)24(3)12-10-18(26)14-17(24)15-22(23)27/h15-16,18-23,26-27H,7-14H2,1-4H3/t16-,18-,19+,20-,21-,22+,23-,24-,25+/m0/s1. The first-order valence-corrected chi connectivity index (χ1v) is 11.3. The van der Waals surface area contributed by atoms with Crippen LogP contribution in [0.15, 0.2) is 11.6 Å². The topological polar surface area (TPSA) is 40.5 Å². The minimum Gasteiger partial charge on any atom is -0.393 e. The maximum absolute atomic E-state index is 11.2. The summed E-state index contributed by atoms with van der Waals surface area (Å²) < 4.78 is 0. The molecule has 2 nitrogen and oxygen atoms in total. The minimum absolute atomic E-state index is 0.196. The molecule has 4 aliphatic carbocycles. The normalized spacial score (nSPS) is 49.8. The van der Waals surface area contributed by atoms with Crippen LogP contribution in [-0.4, -0.2) is 22.4 Å². The van der Waals surface area contributed by atoms with Crippen LogP contribution in [0.5, 0.6) is 0 Å². The van der Waals surface area contributed by atoms with Gasteiger partial charge in [-0.05, 0) is 92.3 Å². The highest BCUT2D eigenvalue weighted by molar-refractivity contribution is 5.28. The molecule has 2 heteroatoms. The zero-order valence-electron chi connectivity index (χ0n) is 17.7. The van der Waals surface area contributed by atoms with Gasteiger partial charge in [-0.3, -0.25) is 0 Å². The van der Waals surface area contributed by atoms with Crippen molar-refractivity contribution in [2.75, 3.05) is 0 Å². The van der Waals surface area contributed by atoms with Crippen LogP contribution in [0.2, 0.25) is 0 Å². The summed E-state index contributed by atoms with van der Waals surface area (Å²) in [6.45, 7) is 9.30. The van der Waals surface area contributed by atoms with Gasteiger partial charge in [0, 0.05) is 6.42 Å². The molecule has 0 aromatic heterocycles. The fourth-order valence-corrected chi connectivity index (χ4v) is 8.01. The van der Waals surface area contributed by atoms with Crippen LogP contribution in [0.25, 0.3) is 0 Å². The molecule has 2 N–H and O–H groups in total. The van der Waals surface area contributed by atoms with Crippen LogP contribution in [0.3, 0.4) is 0 Å². The van der Waals surface area contributed by atoms with Crippen LogP contribution in [-0.2, 0) is 0 Å². The molecule has 0 saturated heterocycles. The summed E-state index contributed by atoms with van der Waals surface area (Å²) in [4.78, 5) is 0. The Morgan fingerprint density at radius 2 is 1.89 bits per heavy atom. The summed E-state index contributed by atoms with van der Waals surface area (Å²) in [6.07, 6.45) is 10.5. The van der Waals surface area contributed by atoms with E-state index in [1.807, 2.05) is 6.92 Å². The van der Waals surface area contributed by atoms with Gasteiger partial charge < -0.3 is 10.2 Å². The Morgan fingerprint density at radius 3 is 2.63 bits per heavy atom. The first-order valence-electron chi connectivity index (χ1n) is 11.3. The van der Waals surface area contributed by atoms with Gasteiger partial charge in [0.25, 0.3) is 0 Å². The fourth-order valence-electron chi connectivity index (χ4n) is 8.01. The van der Waals surface area contributed by atoms with Gasteiger partial charge in [0.2, 0.25) is 0 Å². The number of hydrogen-bond acceptors (Lipinski definition) is 2. The van der Waals surface area contributed by atoms with Crippen molar-refractivity contribution in [2.24, 2.45) is 40.4 Å².